The van der Waals surface area contributed by atoms with Crippen LogP contribution in [0.1, 0.15) is 11.4 Å². The number of para-hydroxylation sites is 2. The van der Waals surface area contributed by atoms with Gasteiger partial charge in [-0.25, -0.2) is 9.67 Å². The molecule has 1 amide bonds. The van der Waals surface area contributed by atoms with Gasteiger partial charge in [0.25, 0.3) is 0 Å². The highest BCUT2D eigenvalue weighted by atomic mass is 19.4. The van der Waals surface area contributed by atoms with Crippen molar-refractivity contribution in [3.05, 3.63) is 72.3 Å². The molecule has 0 spiro atoms. The fourth-order valence-corrected chi connectivity index (χ4v) is 3.21. The quantitative estimate of drug-likeness (QED) is 0.447. The van der Waals surface area contributed by atoms with Gasteiger partial charge in [-0.1, -0.05) is 12.1 Å². The van der Waals surface area contributed by atoms with Crippen molar-refractivity contribution in [2.75, 3.05) is 5.32 Å². The number of rotatable bonds is 4. The van der Waals surface area contributed by atoms with E-state index in [1.807, 2.05) is 0 Å². The van der Waals surface area contributed by atoms with Crippen LogP contribution in [0.5, 0.6) is 0 Å². The van der Waals surface area contributed by atoms with Gasteiger partial charge in [0.15, 0.2) is 0 Å². The summed E-state index contributed by atoms with van der Waals surface area (Å²) in [6, 6.07) is 9.87. The van der Waals surface area contributed by atoms with Crippen molar-refractivity contribution in [3.63, 3.8) is 0 Å². The number of hydrogen-bond donors (Lipinski definition) is 1. The number of benzene rings is 2. The van der Waals surface area contributed by atoms with Crippen molar-refractivity contribution in [1.29, 1.82) is 0 Å². The molecule has 0 aliphatic rings. The monoisotopic (exact) mass is 453 g/mol. The number of hydrogen-bond acceptors (Lipinski definition) is 3. The van der Waals surface area contributed by atoms with E-state index in [-0.39, 0.29) is 22.4 Å². The molecule has 2 aromatic heterocycles. The number of amides is 1. The Bertz CT molecular complexity index is 1270. The molecule has 0 saturated heterocycles. The van der Waals surface area contributed by atoms with Crippen LogP contribution in [0.4, 0.5) is 32.0 Å². The summed E-state index contributed by atoms with van der Waals surface area (Å²) in [5, 5.41) is 6.21. The summed E-state index contributed by atoms with van der Waals surface area (Å²) in [4.78, 5) is 16.2. The summed E-state index contributed by atoms with van der Waals surface area (Å²) < 4.78 is 81.7. The smallest absolute Gasteiger partial charge is 0.323 e. The molecule has 4 rings (SSSR count). The van der Waals surface area contributed by atoms with Crippen molar-refractivity contribution in [1.82, 2.24) is 19.3 Å². The number of anilines is 1. The van der Waals surface area contributed by atoms with Gasteiger partial charge in [0.2, 0.25) is 11.7 Å². The Hall–Kier alpha value is -3.83. The second kappa shape index (κ2) is 7.70. The van der Waals surface area contributed by atoms with Crippen LogP contribution in [0, 0.1) is 0 Å². The maximum absolute atomic E-state index is 13.4. The number of carbonyl (C=O) groups excluding carboxylic acids is 1. The van der Waals surface area contributed by atoms with E-state index in [1.54, 1.807) is 0 Å². The summed E-state index contributed by atoms with van der Waals surface area (Å²) in [6.07, 6.45) is -6.69. The van der Waals surface area contributed by atoms with E-state index in [0.29, 0.717) is 10.6 Å². The van der Waals surface area contributed by atoms with Crippen LogP contribution in [0.25, 0.3) is 16.7 Å². The van der Waals surface area contributed by atoms with Gasteiger partial charge in [-0.05, 0) is 36.4 Å². The molecular formula is C20H13F6N5O. The van der Waals surface area contributed by atoms with Crippen molar-refractivity contribution < 1.29 is 31.1 Å². The highest BCUT2D eigenvalue weighted by Gasteiger charge is 2.38. The zero-order valence-electron chi connectivity index (χ0n) is 15.9. The standard InChI is InChI=1S/C20H13F6N5O/c21-19(22,23)12-6-7-16(31-9-3-8-27-31)14(10-12)28-17(32)11-30-15-5-2-1-4-13(15)29-18(30)20(24,25)26/h1-10H,11H2,(H,28,32). The first-order valence-corrected chi connectivity index (χ1v) is 9.07. The van der Waals surface area contributed by atoms with E-state index in [2.05, 4.69) is 15.4 Å². The number of nitrogens with zero attached hydrogens (tertiary/aromatic N) is 4. The van der Waals surface area contributed by atoms with E-state index in [4.69, 9.17) is 0 Å². The average Bonchev–Trinajstić information content (AvgIpc) is 3.35. The van der Waals surface area contributed by atoms with Gasteiger partial charge in [-0.15, -0.1) is 0 Å². The SMILES string of the molecule is O=C(Cn1c(C(F)(F)F)nc2ccccc21)Nc1cc(C(F)(F)F)ccc1-n1cccn1. The van der Waals surface area contributed by atoms with E-state index < -0.39 is 36.2 Å². The predicted octanol–water partition coefficient (Wildman–Crippen LogP) is 4.90. The molecular weight excluding hydrogens is 440 g/mol. The molecule has 32 heavy (non-hydrogen) atoms. The first kappa shape index (κ1) is 21.4. The molecule has 2 aromatic carbocycles. The van der Waals surface area contributed by atoms with Crippen LogP contribution in [0.3, 0.4) is 0 Å². The Kier molecular flexibility index (Phi) is 5.15. The van der Waals surface area contributed by atoms with Crippen LogP contribution in [-0.4, -0.2) is 25.2 Å². The second-order valence-corrected chi connectivity index (χ2v) is 6.74. The molecule has 0 saturated carbocycles. The number of alkyl halides is 6. The van der Waals surface area contributed by atoms with Crippen LogP contribution in [-0.2, 0) is 23.7 Å². The van der Waals surface area contributed by atoms with Crippen molar-refractivity contribution in [3.8, 4) is 5.69 Å². The molecule has 0 aliphatic heterocycles. The van der Waals surface area contributed by atoms with Crippen molar-refractivity contribution in [2.45, 2.75) is 18.9 Å². The second-order valence-electron chi connectivity index (χ2n) is 6.74. The van der Waals surface area contributed by atoms with E-state index in [1.165, 1.54) is 47.4 Å². The fraction of sp³-hybridized carbons (Fsp3) is 0.150. The maximum atomic E-state index is 13.4. The molecule has 4 aromatic rings. The largest absolute Gasteiger partial charge is 0.449 e. The molecule has 12 heteroatoms. The first-order valence-electron chi connectivity index (χ1n) is 9.07. The third-order valence-corrected chi connectivity index (χ3v) is 4.56. The summed E-state index contributed by atoms with van der Waals surface area (Å²) in [5.41, 5.74) is -1.09. The van der Waals surface area contributed by atoms with Gasteiger partial charge in [0, 0.05) is 12.4 Å². The van der Waals surface area contributed by atoms with E-state index in [0.717, 1.165) is 12.1 Å². The summed E-state index contributed by atoms with van der Waals surface area (Å²) >= 11 is 0. The third-order valence-electron chi connectivity index (χ3n) is 4.56. The van der Waals surface area contributed by atoms with Gasteiger partial charge < -0.3 is 9.88 Å². The molecule has 166 valence electrons. The number of fused-ring (bicyclic) bond motifs is 1. The van der Waals surface area contributed by atoms with Crippen LogP contribution in [0.2, 0.25) is 0 Å². The van der Waals surface area contributed by atoms with Crippen LogP contribution in [0.15, 0.2) is 60.9 Å². The topological polar surface area (TPSA) is 64.7 Å². The first-order chi connectivity index (χ1) is 15.0. The molecule has 0 fully saturated rings. The lowest BCUT2D eigenvalue weighted by atomic mass is 10.1. The lowest BCUT2D eigenvalue weighted by molar-refractivity contribution is -0.147. The number of halogens is 6. The van der Waals surface area contributed by atoms with Crippen LogP contribution < -0.4 is 5.32 Å². The van der Waals surface area contributed by atoms with Crippen molar-refractivity contribution >= 4 is 22.6 Å². The molecule has 0 unspecified atom stereocenters. The number of imidazole rings is 1. The molecule has 0 atom stereocenters. The zero-order valence-corrected chi connectivity index (χ0v) is 15.9. The summed E-state index contributed by atoms with van der Waals surface area (Å²) in [5.74, 6) is -2.25. The van der Waals surface area contributed by atoms with E-state index in [9.17, 15) is 31.1 Å². The average molecular weight is 453 g/mol. The Morgan fingerprint density at radius 1 is 0.969 bits per heavy atom. The summed E-state index contributed by atoms with van der Waals surface area (Å²) in [6.45, 7) is -0.815. The Labute approximate surface area is 176 Å². The Balaban J connectivity index is 1.71. The van der Waals surface area contributed by atoms with Gasteiger partial charge in [0.1, 0.15) is 6.54 Å². The molecule has 6 nitrogen and oxygen atoms in total. The van der Waals surface area contributed by atoms with Gasteiger partial charge in [-0.3, -0.25) is 4.79 Å². The lowest BCUT2D eigenvalue weighted by Gasteiger charge is -2.16. The maximum Gasteiger partial charge on any atom is 0.449 e. The third kappa shape index (κ3) is 4.15. The van der Waals surface area contributed by atoms with Gasteiger partial charge in [0.05, 0.1) is 28.0 Å². The molecule has 1 N–H and O–H groups in total. The molecule has 0 bridgehead atoms. The number of carbonyl (C=O) groups is 1. The number of aromatic nitrogens is 4. The minimum atomic E-state index is -4.84. The van der Waals surface area contributed by atoms with Gasteiger partial charge >= 0.3 is 12.4 Å². The fourth-order valence-electron chi connectivity index (χ4n) is 3.21. The Morgan fingerprint density at radius 3 is 2.38 bits per heavy atom. The zero-order chi connectivity index (χ0) is 23.1. The van der Waals surface area contributed by atoms with Gasteiger partial charge in [-0.2, -0.15) is 31.4 Å². The van der Waals surface area contributed by atoms with Crippen molar-refractivity contribution in [2.24, 2.45) is 0 Å². The van der Waals surface area contributed by atoms with Crippen LogP contribution >= 0.6 is 0 Å². The molecule has 0 radical (unpaired) electrons. The minimum Gasteiger partial charge on any atom is -0.323 e. The number of nitrogens with one attached hydrogen (secondary N) is 1. The lowest BCUT2D eigenvalue weighted by Crippen LogP contribution is -2.24. The Morgan fingerprint density at radius 2 is 1.72 bits per heavy atom. The minimum absolute atomic E-state index is 0.0314. The highest BCUT2D eigenvalue weighted by molar-refractivity contribution is 5.94. The summed E-state index contributed by atoms with van der Waals surface area (Å²) in [7, 11) is 0. The highest BCUT2D eigenvalue weighted by Crippen LogP contribution is 2.34. The van der Waals surface area contributed by atoms with E-state index >= 15 is 0 Å². The normalized spacial score (nSPS) is 12.3. The predicted molar refractivity (Wildman–Crippen MR) is 102 cm³/mol. The molecule has 2 heterocycles. The molecule has 0 aliphatic carbocycles.